The van der Waals surface area contributed by atoms with Gasteiger partial charge in [-0.05, 0) is 61.3 Å². The summed E-state index contributed by atoms with van der Waals surface area (Å²) in [6, 6.07) is 6.52. The van der Waals surface area contributed by atoms with Crippen molar-refractivity contribution in [2.24, 2.45) is 17.8 Å². The lowest BCUT2D eigenvalue weighted by Crippen LogP contribution is -2.31. The van der Waals surface area contributed by atoms with E-state index in [9.17, 15) is 8.42 Å². The third-order valence-electron chi connectivity index (χ3n) is 4.79. The first-order valence-electron chi connectivity index (χ1n) is 7.22. The molecule has 2 aliphatic carbocycles. The predicted molar refractivity (Wildman–Crippen MR) is 77.1 cm³/mol. The zero-order chi connectivity index (χ0) is 14.2. The average Bonchev–Trinajstić information content (AvgIpc) is 3.08. The second-order valence-corrected chi connectivity index (χ2v) is 7.73. The zero-order valence-corrected chi connectivity index (χ0v) is 12.5. The van der Waals surface area contributed by atoms with Crippen LogP contribution < -0.4 is 9.46 Å². The van der Waals surface area contributed by atoms with Crippen molar-refractivity contribution in [3.05, 3.63) is 24.3 Å². The van der Waals surface area contributed by atoms with Crippen LogP contribution in [0.15, 0.2) is 29.2 Å². The van der Waals surface area contributed by atoms with Crippen molar-refractivity contribution in [2.45, 2.75) is 30.6 Å². The maximum absolute atomic E-state index is 12.2. The number of nitrogens with one attached hydrogen (secondary N) is 1. The Bertz CT molecular complexity index is 567. The van der Waals surface area contributed by atoms with Crippen LogP contribution in [-0.2, 0) is 10.0 Å². The molecule has 1 aromatic carbocycles. The fourth-order valence-electron chi connectivity index (χ4n) is 3.68. The number of sulfonamides is 1. The molecule has 3 unspecified atom stereocenters. The molecule has 1 aromatic rings. The van der Waals surface area contributed by atoms with E-state index in [1.165, 1.54) is 25.7 Å². The summed E-state index contributed by atoms with van der Waals surface area (Å²) in [4.78, 5) is 0.307. The molecule has 0 amide bonds. The molecule has 0 saturated heterocycles. The summed E-state index contributed by atoms with van der Waals surface area (Å²) in [6.45, 7) is 0.579. The van der Waals surface area contributed by atoms with Gasteiger partial charge in [-0.1, -0.05) is 6.42 Å². The van der Waals surface area contributed by atoms with Gasteiger partial charge in [-0.15, -0.1) is 0 Å². The van der Waals surface area contributed by atoms with Gasteiger partial charge in [0.05, 0.1) is 12.0 Å². The first kappa shape index (κ1) is 13.9. The maximum atomic E-state index is 12.2. The van der Waals surface area contributed by atoms with Gasteiger partial charge in [0.1, 0.15) is 5.75 Å². The minimum absolute atomic E-state index is 0.307. The normalized spacial score (nSPS) is 28.8. The highest BCUT2D eigenvalue weighted by atomic mass is 32.2. The van der Waals surface area contributed by atoms with E-state index < -0.39 is 10.0 Å². The Morgan fingerprint density at radius 2 is 1.95 bits per heavy atom. The number of benzene rings is 1. The Morgan fingerprint density at radius 3 is 2.50 bits per heavy atom. The summed E-state index contributed by atoms with van der Waals surface area (Å²) < 4.78 is 32.3. The molecule has 0 aromatic heterocycles. The molecular weight excluding hydrogens is 274 g/mol. The van der Waals surface area contributed by atoms with E-state index in [1.54, 1.807) is 31.4 Å². The Labute approximate surface area is 120 Å². The number of hydrogen-bond acceptors (Lipinski definition) is 3. The summed E-state index contributed by atoms with van der Waals surface area (Å²) in [5, 5.41) is 0. The average molecular weight is 295 g/mol. The number of fused-ring (bicyclic) bond motifs is 2. The van der Waals surface area contributed by atoms with Gasteiger partial charge in [0.15, 0.2) is 0 Å². The van der Waals surface area contributed by atoms with E-state index in [1.807, 2.05) is 0 Å². The molecule has 3 rings (SSSR count). The third kappa shape index (κ3) is 2.69. The molecule has 0 aliphatic heterocycles. The highest BCUT2D eigenvalue weighted by molar-refractivity contribution is 7.89. The van der Waals surface area contributed by atoms with Crippen molar-refractivity contribution in [1.29, 1.82) is 0 Å². The monoisotopic (exact) mass is 295 g/mol. The van der Waals surface area contributed by atoms with E-state index in [0.717, 1.165) is 11.8 Å². The van der Waals surface area contributed by atoms with E-state index in [2.05, 4.69) is 4.72 Å². The van der Waals surface area contributed by atoms with Crippen LogP contribution in [0.5, 0.6) is 5.75 Å². The Morgan fingerprint density at radius 1 is 1.20 bits per heavy atom. The van der Waals surface area contributed by atoms with Crippen LogP contribution in [0.3, 0.4) is 0 Å². The van der Waals surface area contributed by atoms with Crippen LogP contribution in [0.4, 0.5) is 0 Å². The summed E-state index contributed by atoms with van der Waals surface area (Å²) in [7, 11) is -1.83. The number of hydrogen-bond donors (Lipinski definition) is 1. The Balaban J connectivity index is 1.63. The molecule has 4 nitrogen and oxygen atoms in total. The highest BCUT2D eigenvalue weighted by Crippen LogP contribution is 2.48. The summed E-state index contributed by atoms with van der Waals surface area (Å²) >= 11 is 0. The van der Waals surface area contributed by atoms with Crippen molar-refractivity contribution in [1.82, 2.24) is 4.72 Å². The van der Waals surface area contributed by atoms with Crippen LogP contribution >= 0.6 is 0 Å². The van der Waals surface area contributed by atoms with Crippen LogP contribution in [-0.4, -0.2) is 22.1 Å². The second-order valence-electron chi connectivity index (χ2n) is 5.96. The lowest BCUT2D eigenvalue weighted by molar-refractivity contribution is 0.333. The molecule has 2 bridgehead atoms. The van der Waals surface area contributed by atoms with Gasteiger partial charge in [0.25, 0.3) is 0 Å². The molecule has 0 heterocycles. The van der Waals surface area contributed by atoms with E-state index in [4.69, 9.17) is 4.74 Å². The smallest absolute Gasteiger partial charge is 0.240 e. The van der Waals surface area contributed by atoms with Crippen molar-refractivity contribution in [2.75, 3.05) is 13.7 Å². The number of ether oxygens (including phenoxy) is 1. The lowest BCUT2D eigenvalue weighted by atomic mass is 9.89. The fourth-order valence-corrected chi connectivity index (χ4v) is 4.78. The van der Waals surface area contributed by atoms with Gasteiger partial charge in [-0.3, -0.25) is 0 Å². The predicted octanol–water partition coefficient (Wildman–Crippen LogP) is 2.41. The molecule has 2 fully saturated rings. The van der Waals surface area contributed by atoms with Gasteiger partial charge in [0.2, 0.25) is 10.0 Å². The summed E-state index contributed by atoms with van der Waals surface area (Å²) in [5.74, 6) is 2.77. The first-order chi connectivity index (χ1) is 9.58. The minimum atomic E-state index is -3.40. The second kappa shape index (κ2) is 5.37. The number of rotatable bonds is 5. The SMILES string of the molecule is COc1ccc(S(=O)(=O)NCC2CC3CCC2C3)cc1. The van der Waals surface area contributed by atoms with Crippen molar-refractivity contribution in [3.8, 4) is 5.75 Å². The zero-order valence-electron chi connectivity index (χ0n) is 11.7. The van der Waals surface area contributed by atoms with E-state index >= 15 is 0 Å². The molecule has 3 atom stereocenters. The van der Waals surface area contributed by atoms with E-state index in [-0.39, 0.29) is 0 Å². The van der Waals surface area contributed by atoms with Crippen LogP contribution in [0.2, 0.25) is 0 Å². The molecular formula is C15H21NO3S. The lowest BCUT2D eigenvalue weighted by Gasteiger charge is -2.21. The van der Waals surface area contributed by atoms with Crippen LogP contribution in [0, 0.1) is 17.8 Å². The largest absolute Gasteiger partial charge is 0.497 e. The Kier molecular flexibility index (Phi) is 3.73. The van der Waals surface area contributed by atoms with Crippen molar-refractivity contribution >= 4 is 10.0 Å². The molecule has 2 aliphatic rings. The topological polar surface area (TPSA) is 55.4 Å². The molecule has 20 heavy (non-hydrogen) atoms. The highest BCUT2D eigenvalue weighted by Gasteiger charge is 2.39. The fraction of sp³-hybridized carbons (Fsp3) is 0.600. The Hall–Kier alpha value is -1.07. The first-order valence-corrected chi connectivity index (χ1v) is 8.70. The maximum Gasteiger partial charge on any atom is 0.240 e. The molecule has 5 heteroatoms. The van der Waals surface area contributed by atoms with Crippen molar-refractivity contribution in [3.63, 3.8) is 0 Å². The molecule has 0 spiro atoms. The van der Waals surface area contributed by atoms with Crippen molar-refractivity contribution < 1.29 is 13.2 Å². The van der Waals surface area contributed by atoms with E-state index in [0.29, 0.717) is 23.1 Å². The standard InChI is InChI=1S/C15H21NO3S/c1-19-14-4-6-15(7-5-14)20(17,18)16-10-13-9-11-2-3-12(13)8-11/h4-7,11-13,16H,2-3,8-10H2,1H3. The minimum Gasteiger partial charge on any atom is -0.497 e. The molecule has 1 N–H and O–H groups in total. The van der Waals surface area contributed by atoms with Gasteiger partial charge < -0.3 is 4.74 Å². The quantitative estimate of drug-likeness (QED) is 0.907. The van der Waals surface area contributed by atoms with Gasteiger partial charge >= 0.3 is 0 Å². The van der Waals surface area contributed by atoms with Crippen LogP contribution in [0.25, 0.3) is 0 Å². The van der Waals surface area contributed by atoms with Gasteiger partial charge in [-0.25, -0.2) is 13.1 Å². The van der Waals surface area contributed by atoms with Crippen LogP contribution in [0.1, 0.15) is 25.7 Å². The van der Waals surface area contributed by atoms with Gasteiger partial charge in [-0.2, -0.15) is 0 Å². The molecule has 0 radical (unpaired) electrons. The number of methoxy groups -OCH3 is 1. The molecule has 110 valence electrons. The molecule has 2 saturated carbocycles. The third-order valence-corrected chi connectivity index (χ3v) is 6.23. The van der Waals surface area contributed by atoms with Gasteiger partial charge in [0, 0.05) is 6.54 Å². The summed E-state index contributed by atoms with van der Waals surface area (Å²) in [5.41, 5.74) is 0. The summed E-state index contributed by atoms with van der Waals surface area (Å²) in [6.07, 6.45) is 5.11.